The van der Waals surface area contributed by atoms with Crippen LogP contribution in [0.2, 0.25) is 0 Å². The quantitative estimate of drug-likeness (QED) is 0.827. The van der Waals surface area contributed by atoms with E-state index >= 15 is 0 Å². The fourth-order valence-corrected chi connectivity index (χ4v) is 3.50. The third-order valence-electron chi connectivity index (χ3n) is 4.74. The normalized spacial score (nSPS) is 35.0. The second-order valence-electron chi connectivity index (χ2n) is 6.13. The van der Waals surface area contributed by atoms with Gasteiger partial charge in [-0.2, -0.15) is 0 Å². The number of nitrogens with zero attached hydrogens (tertiary/aromatic N) is 1. The minimum atomic E-state index is 0.254. The molecule has 0 spiro atoms. The van der Waals surface area contributed by atoms with E-state index in [0.29, 0.717) is 36.8 Å². The molecule has 4 heteroatoms. The van der Waals surface area contributed by atoms with Crippen LogP contribution in [0.4, 0.5) is 0 Å². The molecule has 1 amide bonds. The SMILES string of the molecule is CCOC1CC(CC(=O)N2CCCC(C)C2CN)C1. The zero-order chi connectivity index (χ0) is 13.8. The largest absolute Gasteiger partial charge is 0.378 e. The van der Waals surface area contributed by atoms with Crippen LogP contribution in [0, 0.1) is 11.8 Å². The van der Waals surface area contributed by atoms with Gasteiger partial charge in [-0.15, -0.1) is 0 Å². The summed E-state index contributed by atoms with van der Waals surface area (Å²) in [5, 5.41) is 0. The van der Waals surface area contributed by atoms with Gasteiger partial charge in [0.05, 0.1) is 6.10 Å². The zero-order valence-electron chi connectivity index (χ0n) is 12.3. The smallest absolute Gasteiger partial charge is 0.223 e. The predicted molar refractivity (Wildman–Crippen MR) is 75.7 cm³/mol. The predicted octanol–water partition coefficient (Wildman–Crippen LogP) is 1.78. The Kier molecular flexibility index (Phi) is 5.22. The summed E-state index contributed by atoms with van der Waals surface area (Å²) in [7, 11) is 0. The number of hydrogen-bond acceptors (Lipinski definition) is 3. The van der Waals surface area contributed by atoms with E-state index in [4.69, 9.17) is 10.5 Å². The van der Waals surface area contributed by atoms with E-state index in [1.807, 2.05) is 11.8 Å². The maximum Gasteiger partial charge on any atom is 0.223 e. The molecule has 1 saturated carbocycles. The fraction of sp³-hybridized carbons (Fsp3) is 0.933. The number of nitrogens with two attached hydrogens (primary N) is 1. The van der Waals surface area contributed by atoms with Gasteiger partial charge in [-0.25, -0.2) is 0 Å². The molecule has 1 saturated heterocycles. The molecular weight excluding hydrogens is 240 g/mol. The van der Waals surface area contributed by atoms with Crippen molar-refractivity contribution in [3.8, 4) is 0 Å². The van der Waals surface area contributed by atoms with Crippen LogP contribution >= 0.6 is 0 Å². The van der Waals surface area contributed by atoms with Crippen LogP contribution in [0.25, 0.3) is 0 Å². The zero-order valence-corrected chi connectivity index (χ0v) is 12.3. The highest BCUT2D eigenvalue weighted by Gasteiger charge is 2.35. The average molecular weight is 268 g/mol. The molecule has 2 atom stereocenters. The molecule has 110 valence electrons. The van der Waals surface area contributed by atoms with Crippen molar-refractivity contribution in [2.75, 3.05) is 19.7 Å². The number of ether oxygens (including phenoxy) is 1. The third-order valence-corrected chi connectivity index (χ3v) is 4.74. The summed E-state index contributed by atoms with van der Waals surface area (Å²) >= 11 is 0. The van der Waals surface area contributed by atoms with E-state index < -0.39 is 0 Å². The number of piperidine rings is 1. The molecule has 0 bridgehead atoms. The number of likely N-dealkylation sites (tertiary alicyclic amines) is 1. The summed E-state index contributed by atoms with van der Waals surface area (Å²) < 4.78 is 5.55. The van der Waals surface area contributed by atoms with E-state index in [-0.39, 0.29) is 6.04 Å². The molecule has 1 aliphatic carbocycles. The minimum Gasteiger partial charge on any atom is -0.378 e. The molecule has 0 aromatic carbocycles. The molecule has 0 aromatic rings. The maximum absolute atomic E-state index is 12.4. The van der Waals surface area contributed by atoms with E-state index in [2.05, 4.69) is 6.92 Å². The van der Waals surface area contributed by atoms with Crippen molar-refractivity contribution in [1.29, 1.82) is 0 Å². The standard InChI is InChI=1S/C15H28N2O2/c1-3-19-13-7-12(8-13)9-15(18)17-6-4-5-11(2)14(17)10-16/h11-14H,3-10,16H2,1-2H3. The Bertz CT molecular complexity index is 303. The Morgan fingerprint density at radius 1 is 1.42 bits per heavy atom. The highest BCUT2D eigenvalue weighted by molar-refractivity contribution is 5.77. The Hall–Kier alpha value is -0.610. The molecule has 4 nitrogen and oxygen atoms in total. The van der Waals surface area contributed by atoms with Gasteiger partial charge in [-0.3, -0.25) is 4.79 Å². The maximum atomic E-state index is 12.4. The van der Waals surface area contributed by atoms with Gasteiger partial charge in [0.15, 0.2) is 0 Å². The molecule has 1 aliphatic heterocycles. The number of carbonyl (C=O) groups excluding carboxylic acids is 1. The van der Waals surface area contributed by atoms with Crippen molar-refractivity contribution in [2.24, 2.45) is 17.6 Å². The molecule has 2 rings (SSSR count). The highest BCUT2D eigenvalue weighted by atomic mass is 16.5. The topological polar surface area (TPSA) is 55.6 Å². The van der Waals surface area contributed by atoms with Crippen LogP contribution < -0.4 is 5.73 Å². The summed E-state index contributed by atoms with van der Waals surface area (Å²) in [6.07, 6.45) is 5.50. The van der Waals surface area contributed by atoms with Crippen molar-refractivity contribution in [1.82, 2.24) is 4.90 Å². The number of carbonyl (C=O) groups is 1. The van der Waals surface area contributed by atoms with Crippen LogP contribution in [0.5, 0.6) is 0 Å². The first-order valence-electron chi connectivity index (χ1n) is 7.76. The molecule has 2 aliphatic rings. The first-order valence-corrected chi connectivity index (χ1v) is 7.76. The molecule has 2 N–H and O–H groups in total. The Balaban J connectivity index is 1.79. The molecular formula is C15H28N2O2. The van der Waals surface area contributed by atoms with Gasteiger partial charge in [0.1, 0.15) is 0 Å². The van der Waals surface area contributed by atoms with E-state index in [0.717, 1.165) is 32.4 Å². The average Bonchev–Trinajstić information content (AvgIpc) is 2.35. The van der Waals surface area contributed by atoms with Crippen LogP contribution in [-0.2, 0) is 9.53 Å². The van der Waals surface area contributed by atoms with Crippen molar-refractivity contribution in [3.63, 3.8) is 0 Å². The lowest BCUT2D eigenvalue weighted by molar-refractivity contribution is -0.139. The third kappa shape index (κ3) is 3.48. The van der Waals surface area contributed by atoms with Crippen molar-refractivity contribution < 1.29 is 9.53 Å². The molecule has 2 fully saturated rings. The van der Waals surface area contributed by atoms with Gasteiger partial charge in [0.2, 0.25) is 5.91 Å². The lowest BCUT2D eigenvalue weighted by Crippen LogP contribution is -2.52. The first-order chi connectivity index (χ1) is 9.15. The van der Waals surface area contributed by atoms with Crippen LogP contribution in [0.15, 0.2) is 0 Å². The summed E-state index contributed by atoms with van der Waals surface area (Å²) in [5.74, 6) is 1.38. The summed E-state index contributed by atoms with van der Waals surface area (Å²) in [5.41, 5.74) is 5.85. The number of rotatable bonds is 5. The van der Waals surface area contributed by atoms with Gasteiger partial charge in [-0.1, -0.05) is 6.92 Å². The number of hydrogen-bond donors (Lipinski definition) is 1. The second kappa shape index (κ2) is 6.71. The Morgan fingerprint density at radius 3 is 2.79 bits per heavy atom. The van der Waals surface area contributed by atoms with Crippen molar-refractivity contribution >= 4 is 5.91 Å². The molecule has 1 heterocycles. The van der Waals surface area contributed by atoms with Gasteiger partial charge >= 0.3 is 0 Å². The Labute approximate surface area is 116 Å². The lowest BCUT2D eigenvalue weighted by atomic mass is 9.79. The summed E-state index contributed by atoms with van der Waals surface area (Å²) in [4.78, 5) is 14.5. The lowest BCUT2D eigenvalue weighted by Gasteiger charge is -2.41. The summed E-state index contributed by atoms with van der Waals surface area (Å²) in [6, 6.07) is 0.254. The van der Waals surface area contributed by atoms with E-state index in [1.165, 1.54) is 6.42 Å². The van der Waals surface area contributed by atoms with Crippen molar-refractivity contribution in [2.45, 2.75) is 58.1 Å². The van der Waals surface area contributed by atoms with Crippen molar-refractivity contribution in [3.05, 3.63) is 0 Å². The Morgan fingerprint density at radius 2 is 2.16 bits per heavy atom. The molecule has 2 unspecified atom stereocenters. The highest BCUT2D eigenvalue weighted by Crippen LogP contribution is 2.34. The van der Waals surface area contributed by atoms with Crippen LogP contribution in [0.1, 0.15) is 46.0 Å². The summed E-state index contributed by atoms with van der Waals surface area (Å²) in [6.45, 7) is 6.51. The van der Waals surface area contributed by atoms with Crippen LogP contribution in [-0.4, -0.2) is 42.6 Å². The fourth-order valence-electron chi connectivity index (χ4n) is 3.50. The second-order valence-corrected chi connectivity index (χ2v) is 6.13. The first kappa shape index (κ1) is 14.8. The van der Waals surface area contributed by atoms with E-state index in [9.17, 15) is 4.79 Å². The number of amides is 1. The van der Waals surface area contributed by atoms with Gasteiger partial charge in [0, 0.05) is 32.2 Å². The van der Waals surface area contributed by atoms with Gasteiger partial charge in [-0.05, 0) is 44.4 Å². The van der Waals surface area contributed by atoms with Crippen LogP contribution in [0.3, 0.4) is 0 Å². The van der Waals surface area contributed by atoms with Gasteiger partial charge < -0.3 is 15.4 Å². The minimum absolute atomic E-state index is 0.254. The van der Waals surface area contributed by atoms with Gasteiger partial charge in [0.25, 0.3) is 0 Å². The van der Waals surface area contributed by atoms with E-state index in [1.54, 1.807) is 0 Å². The molecule has 19 heavy (non-hydrogen) atoms. The molecule has 0 radical (unpaired) electrons. The molecule has 0 aromatic heterocycles. The monoisotopic (exact) mass is 268 g/mol.